The largest absolute Gasteiger partial charge is 0.309 e. The van der Waals surface area contributed by atoms with Crippen molar-refractivity contribution in [1.82, 2.24) is 28.7 Å². The fraction of sp³-hybridized carbons (Fsp3) is 0. The van der Waals surface area contributed by atoms with Crippen molar-refractivity contribution in [2.24, 2.45) is 0 Å². The van der Waals surface area contributed by atoms with Gasteiger partial charge in [0.1, 0.15) is 0 Å². The zero-order chi connectivity index (χ0) is 41.4. The molecule has 13 aromatic rings. The smallest absolute Gasteiger partial charge is 0.164 e. The van der Waals surface area contributed by atoms with Gasteiger partial charge in [0.25, 0.3) is 0 Å². The summed E-state index contributed by atoms with van der Waals surface area (Å²) < 4.78 is 7.34. The Balaban J connectivity index is 1.11. The van der Waals surface area contributed by atoms with E-state index in [-0.39, 0.29) is 0 Å². The van der Waals surface area contributed by atoms with Crippen LogP contribution in [0.2, 0.25) is 0 Å². The van der Waals surface area contributed by atoms with Crippen LogP contribution in [0.25, 0.3) is 117 Å². The minimum atomic E-state index is 0.620. The van der Waals surface area contributed by atoms with Crippen molar-refractivity contribution in [3.05, 3.63) is 218 Å². The van der Waals surface area contributed by atoms with Gasteiger partial charge < -0.3 is 13.7 Å². The molecule has 0 spiro atoms. The lowest BCUT2D eigenvalue weighted by atomic mass is 10.1. The molecule has 0 aliphatic carbocycles. The van der Waals surface area contributed by atoms with Gasteiger partial charge in [-0.2, -0.15) is 0 Å². The number of hydrogen-bond acceptors (Lipinski definition) is 3. The van der Waals surface area contributed by atoms with Crippen LogP contribution < -0.4 is 0 Å². The van der Waals surface area contributed by atoms with E-state index >= 15 is 0 Å². The second kappa shape index (κ2) is 14.0. The summed E-state index contributed by atoms with van der Waals surface area (Å²) in [7, 11) is 0. The molecular formula is C57H36N6. The number of para-hydroxylation sites is 5. The Hall–Kier alpha value is -8.61. The lowest BCUT2D eigenvalue weighted by molar-refractivity contribution is 1.07. The van der Waals surface area contributed by atoms with Gasteiger partial charge in [-0.3, -0.25) is 0 Å². The first-order chi connectivity index (χ1) is 31.3. The number of hydrogen-bond donors (Lipinski definition) is 0. The van der Waals surface area contributed by atoms with Crippen LogP contribution in [0, 0.1) is 0 Å². The predicted molar refractivity (Wildman–Crippen MR) is 259 cm³/mol. The number of nitrogens with zero attached hydrogens (tertiary/aromatic N) is 6. The maximum absolute atomic E-state index is 5.12. The second-order valence-corrected chi connectivity index (χ2v) is 16.0. The topological polar surface area (TPSA) is 53.5 Å². The third-order valence-corrected chi connectivity index (χ3v) is 12.5. The maximum Gasteiger partial charge on any atom is 0.164 e. The molecule has 9 aromatic carbocycles. The third-order valence-electron chi connectivity index (χ3n) is 12.5. The molecule has 13 rings (SSSR count). The van der Waals surface area contributed by atoms with Crippen molar-refractivity contribution in [2.45, 2.75) is 0 Å². The van der Waals surface area contributed by atoms with Crippen molar-refractivity contribution in [3.63, 3.8) is 0 Å². The normalized spacial score (nSPS) is 11.8. The molecule has 0 saturated heterocycles. The lowest BCUT2D eigenvalue weighted by Crippen LogP contribution is -2.01. The van der Waals surface area contributed by atoms with Crippen LogP contribution in [0.5, 0.6) is 0 Å². The van der Waals surface area contributed by atoms with Crippen molar-refractivity contribution in [1.29, 1.82) is 0 Å². The first kappa shape index (κ1) is 35.2. The van der Waals surface area contributed by atoms with E-state index in [1.165, 1.54) is 32.6 Å². The molecule has 63 heavy (non-hydrogen) atoms. The summed E-state index contributed by atoms with van der Waals surface area (Å²) in [4.78, 5) is 15.2. The average Bonchev–Trinajstić information content (AvgIpc) is 4.00. The molecule has 0 fully saturated rings. The Morgan fingerprint density at radius 2 is 0.730 bits per heavy atom. The lowest BCUT2D eigenvalue weighted by Gasteiger charge is -2.14. The molecule has 0 radical (unpaired) electrons. The number of aromatic nitrogens is 6. The highest BCUT2D eigenvalue weighted by atomic mass is 15.1. The summed E-state index contributed by atoms with van der Waals surface area (Å²) in [6.45, 7) is 0. The molecule has 0 amide bonds. The van der Waals surface area contributed by atoms with Crippen LogP contribution in [0.3, 0.4) is 0 Å². The monoisotopic (exact) mass is 804 g/mol. The van der Waals surface area contributed by atoms with E-state index in [0.29, 0.717) is 17.5 Å². The summed E-state index contributed by atoms with van der Waals surface area (Å²) in [5.74, 6) is 1.89. The Bertz CT molecular complexity index is 3830. The maximum atomic E-state index is 5.12. The highest BCUT2D eigenvalue weighted by Gasteiger charge is 2.24. The summed E-state index contributed by atoms with van der Waals surface area (Å²) in [6, 6.07) is 77.4. The van der Waals surface area contributed by atoms with E-state index in [4.69, 9.17) is 15.0 Å². The SMILES string of the molecule is c1ccc(-c2nc(-c3ccccc3)nc(-c3ccc4c5cccc(-n6c7ccccc7c7c6ccc6c8ccccc8n(-c8ccccc8)c67)c5n(-c5ccccc5)c4c3)n2)cc1. The fourth-order valence-corrected chi connectivity index (χ4v) is 9.76. The first-order valence-corrected chi connectivity index (χ1v) is 21.3. The molecule has 0 N–H and O–H groups in total. The molecule has 6 nitrogen and oxygen atoms in total. The van der Waals surface area contributed by atoms with Crippen LogP contribution in [0.4, 0.5) is 0 Å². The van der Waals surface area contributed by atoms with Gasteiger partial charge in [0.15, 0.2) is 17.5 Å². The van der Waals surface area contributed by atoms with E-state index in [0.717, 1.165) is 66.6 Å². The molecule has 0 saturated carbocycles. The van der Waals surface area contributed by atoms with Gasteiger partial charge in [0, 0.05) is 60.4 Å². The van der Waals surface area contributed by atoms with Gasteiger partial charge in [-0.05, 0) is 54.6 Å². The van der Waals surface area contributed by atoms with E-state index in [1.54, 1.807) is 0 Å². The molecule has 0 atom stereocenters. The Morgan fingerprint density at radius 1 is 0.270 bits per heavy atom. The summed E-state index contributed by atoms with van der Waals surface area (Å²) in [6.07, 6.45) is 0. The number of rotatable bonds is 6. The van der Waals surface area contributed by atoms with Crippen LogP contribution >= 0.6 is 0 Å². The minimum absolute atomic E-state index is 0.620. The molecule has 6 heteroatoms. The molecule has 294 valence electrons. The number of benzene rings is 9. The molecular weight excluding hydrogens is 769 g/mol. The van der Waals surface area contributed by atoms with Gasteiger partial charge in [0.05, 0.1) is 38.8 Å². The van der Waals surface area contributed by atoms with Crippen LogP contribution in [-0.4, -0.2) is 28.7 Å². The Kier molecular flexibility index (Phi) is 7.80. The predicted octanol–water partition coefficient (Wildman–Crippen LogP) is 14.2. The van der Waals surface area contributed by atoms with Gasteiger partial charge in [-0.1, -0.05) is 164 Å². The van der Waals surface area contributed by atoms with Crippen LogP contribution in [0.15, 0.2) is 218 Å². The minimum Gasteiger partial charge on any atom is -0.309 e. The van der Waals surface area contributed by atoms with E-state index < -0.39 is 0 Å². The van der Waals surface area contributed by atoms with Crippen molar-refractivity contribution in [2.75, 3.05) is 0 Å². The molecule has 0 unspecified atom stereocenters. The van der Waals surface area contributed by atoms with E-state index in [1.807, 2.05) is 60.7 Å². The van der Waals surface area contributed by atoms with Gasteiger partial charge in [0.2, 0.25) is 0 Å². The first-order valence-electron chi connectivity index (χ1n) is 21.3. The van der Waals surface area contributed by atoms with E-state index in [9.17, 15) is 0 Å². The quantitative estimate of drug-likeness (QED) is 0.168. The molecule has 4 aromatic heterocycles. The average molecular weight is 805 g/mol. The van der Waals surface area contributed by atoms with Crippen LogP contribution in [-0.2, 0) is 0 Å². The van der Waals surface area contributed by atoms with Gasteiger partial charge in [-0.15, -0.1) is 0 Å². The van der Waals surface area contributed by atoms with Crippen molar-refractivity contribution < 1.29 is 0 Å². The van der Waals surface area contributed by atoms with Gasteiger partial charge >= 0.3 is 0 Å². The summed E-state index contributed by atoms with van der Waals surface area (Å²) in [5.41, 5.74) is 13.0. The van der Waals surface area contributed by atoms with Crippen molar-refractivity contribution in [3.8, 4) is 51.2 Å². The zero-order valence-electron chi connectivity index (χ0n) is 34.0. The number of fused-ring (bicyclic) bond motifs is 10. The molecule has 0 aliphatic rings. The second-order valence-electron chi connectivity index (χ2n) is 16.0. The zero-order valence-corrected chi connectivity index (χ0v) is 34.0. The van der Waals surface area contributed by atoms with Gasteiger partial charge in [-0.25, -0.2) is 15.0 Å². The van der Waals surface area contributed by atoms with Crippen molar-refractivity contribution >= 4 is 65.4 Å². The van der Waals surface area contributed by atoms with E-state index in [2.05, 4.69) is 171 Å². The molecule has 0 bridgehead atoms. The summed E-state index contributed by atoms with van der Waals surface area (Å²) in [5, 5.41) is 7.21. The summed E-state index contributed by atoms with van der Waals surface area (Å²) >= 11 is 0. The third kappa shape index (κ3) is 5.41. The Morgan fingerprint density at radius 3 is 1.37 bits per heavy atom. The molecule has 0 aliphatic heterocycles. The fourth-order valence-electron chi connectivity index (χ4n) is 9.76. The molecule has 4 heterocycles. The highest BCUT2D eigenvalue weighted by molar-refractivity contribution is 6.26. The standard InChI is InChI=1S/C57H36N6/c1-5-18-37(19-6-1)55-58-56(38-20-7-2-8-21-38)60-57(59-55)39-32-33-43-44-28-17-31-50(53(44)62(51(43)36-39)41-24-11-4-12-25-41)63-48-30-16-14-27-46(48)52-49(63)35-34-45-42-26-13-15-29-47(42)61(54(45)52)40-22-9-3-10-23-40/h1-36H. The van der Waals surface area contributed by atoms with Crippen LogP contribution in [0.1, 0.15) is 0 Å². The highest BCUT2D eigenvalue weighted by Crippen LogP contribution is 2.44. The Labute approximate surface area is 362 Å².